The Balaban J connectivity index is 1.62. The van der Waals surface area contributed by atoms with Gasteiger partial charge in [-0.2, -0.15) is 18.2 Å². The molecule has 0 saturated carbocycles. The minimum Gasteiger partial charge on any atom is -0.386 e. The molecule has 2 heterocycles. The lowest BCUT2D eigenvalue weighted by molar-refractivity contribution is -0.137. The fourth-order valence-corrected chi connectivity index (χ4v) is 4.13. The second kappa shape index (κ2) is 9.73. The van der Waals surface area contributed by atoms with Crippen LogP contribution in [0, 0.1) is 11.6 Å². The van der Waals surface area contributed by atoms with Crippen molar-refractivity contribution in [1.29, 1.82) is 0 Å². The number of nitrogens with one attached hydrogen (secondary N) is 1. The largest absolute Gasteiger partial charge is 0.416 e. The van der Waals surface area contributed by atoms with E-state index in [2.05, 4.69) is 15.5 Å². The minimum atomic E-state index is -4.70. The van der Waals surface area contributed by atoms with Crippen LogP contribution in [0.15, 0.2) is 76.2 Å². The van der Waals surface area contributed by atoms with Crippen molar-refractivity contribution in [2.24, 2.45) is 0 Å². The van der Waals surface area contributed by atoms with Gasteiger partial charge in [0.05, 0.1) is 35.3 Å². The smallest absolute Gasteiger partial charge is 0.386 e. The van der Waals surface area contributed by atoms with Crippen LogP contribution in [-0.2, 0) is 19.1 Å². The molecule has 0 spiro atoms. The van der Waals surface area contributed by atoms with Crippen molar-refractivity contribution >= 4 is 16.6 Å². The highest BCUT2D eigenvalue weighted by Gasteiger charge is 2.31. The van der Waals surface area contributed by atoms with E-state index in [1.54, 1.807) is 0 Å². The van der Waals surface area contributed by atoms with Gasteiger partial charge in [0.1, 0.15) is 11.6 Å². The highest BCUT2D eigenvalue weighted by molar-refractivity contribution is 5.86. The van der Waals surface area contributed by atoms with E-state index in [0.717, 1.165) is 23.8 Å². The molecule has 38 heavy (non-hydrogen) atoms. The number of hydrogen-bond acceptors (Lipinski definition) is 5. The molecule has 1 N–H and O–H groups in total. The van der Waals surface area contributed by atoms with E-state index >= 15 is 0 Å². The summed E-state index contributed by atoms with van der Waals surface area (Å²) < 4.78 is 75.1. The van der Waals surface area contributed by atoms with Gasteiger partial charge >= 0.3 is 6.18 Å². The summed E-state index contributed by atoms with van der Waals surface area (Å²) in [6.45, 7) is -0.253. The number of halogens is 5. The predicted octanol–water partition coefficient (Wildman–Crippen LogP) is 6.03. The molecule has 0 atom stereocenters. The van der Waals surface area contributed by atoms with Crippen molar-refractivity contribution in [2.45, 2.75) is 19.1 Å². The molecule has 0 amide bonds. The fraction of sp³-hybridized carbons (Fsp3) is 0.148. The molecule has 0 saturated heterocycles. The molecule has 5 aromatic rings. The molecule has 0 unspecified atom stereocenters. The molecule has 0 bridgehead atoms. The topological polar surface area (TPSA) is 73.0 Å². The molecule has 0 aliphatic carbocycles. The number of anilines is 1. The normalized spacial score (nSPS) is 11.7. The van der Waals surface area contributed by atoms with Crippen molar-refractivity contribution in [3.8, 4) is 11.4 Å². The molecule has 5 rings (SSSR count). The fourth-order valence-electron chi connectivity index (χ4n) is 4.13. The van der Waals surface area contributed by atoms with E-state index in [9.17, 15) is 26.7 Å². The van der Waals surface area contributed by atoms with Crippen molar-refractivity contribution in [2.75, 3.05) is 12.4 Å². The minimum absolute atomic E-state index is 0.0375. The maximum absolute atomic E-state index is 14.7. The molecule has 0 radical (unpaired) electrons. The Morgan fingerprint density at radius 1 is 1.00 bits per heavy atom. The molecular weight excluding hydrogens is 507 g/mol. The van der Waals surface area contributed by atoms with Crippen LogP contribution in [0.1, 0.15) is 22.6 Å². The summed E-state index contributed by atoms with van der Waals surface area (Å²) >= 11 is 0. The van der Waals surface area contributed by atoms with E-state index in [4.69, 9.17) is 4.52 Å². The number of alkyl halides is 3. The second-order valence-electron chi connectivity index (χ2n) is 8.58. The van der Waals surface area contributed by atoms with Crippen LogP contribution in [-0.4, -0.2) is 21.8 Å². The van der Waals surface area contributed by atoms with Crippen LogP contribution in [0.5, 0.6) is 0 Å². The lowest BCUT2D eigenvalue weighted by Crippen LogP contribution is -2.15. The summed E-state index contributed by atoms with van der Waals surface area (Å²) in [4.78, 5) is 17.7. The Labute approximate surface area is 212 Å². The predicted molar refractivity (Wildman–Crippen MR) is 131 cm³/mol. The van der Waals surface area contributed by atoms with Crippen LogP contribution in [0.25, 0.3) is 22.3 Å². The Kier molecular flexibility index (Phi) is 6.43. The van der Waals surface area contributed by atoms with Gasteiger partial charge in [-0.3, -0.25) is 4.79 Å². The van der Waals surface area contributed by atoms with Gasteiger partial charge in [0.2, 0.25) is 17.1 Å². The molecule has 0 fully saturated rings. The van der Waals surface area contributed by atoms with Crippen LogP contribution < -0.4 is 10.7 Å². The van der Waals surface area contributed by atoms with Gasteiger partial charge in [-0.25, -0.2) is 8.78 Å². The Hall–Kier alpha value is -4.54. The number of rotatable bonds is 6. The summed E-state index contributed by atoms with van der Waals surface area (Å²) in [5.74, 6) is -1.58. The average Bonchev–Trinajstić information content (AvgIpc) is 3.34. The zero-order chi connectivity index (χ0) is 27.0. The second-order valence-corrected chi connectivity index (χ2v) is 8.58. The van der Waals surface area contributed by atoms with Crippen LogP contribution in [0.3, 0.4) is 0 Å². The summed E-state index contributed by atoms with van der Waals surface area (Å²) in [5.41, 5.74) is -0.600. The summed E-state index contributed by atoms with van der Waals surface area (Å²) in [6, 6.07) is 13.9. The van der Waals surface area contributed by atoms with Gasteiger partial charge in [-0.1, -0.05) is 41.6 Å². The van der Waals surface area contributed by atoms with E-state index in [0.29, 0.717) is 12.5 Å². The monoisotopic (exact) mass is 526 g/mol. The van der Waals surface area contributed by atoms with Crippen LogP contribution in [0.4, 0.5) is 27.6 Å². The summed E-state index contributed by atoms with van der Waals surface area (Å²) in [6.07, 6.45) is -3.03. The number of benzene rings is 3. The van der Waals surface area contributed by atoms with Gasteiger partial charge in [0, 0.05) is 24.2 Å². The van der Waals surface area contributed by atoms with Crippen molar-refractivity contribution in [3.05, 3.63) is 111 Å². The molecule has 194 valence electrons. The number of nitrogens with zero attached hydrogens (tertiary/aromatic N) is 3. The van der Waals surface area contributed by atoms with Gasteiger partial charge < -0.3 is 14.4 Å². The van der Waals surface area contributed by atoms with Gasteiger partial charge in [0.25, 0.3) is 0 Å². The van der Waals surface area contributed by atoms with E-state index in [-0.39, 0.29) is 46.0 Å². The average molecular weight is 526 g/mol. The number of hydrogen-bond donors (Lipinski definition) is 1. The first-order valence-corrected chi connectivity index (χ1v) is 11.4. The molecule has 3 aromatic carbocycles. The lowest BCUT2D eigenvalue weighted by atomic mass is 10.1. The quantitative estimate of drug-likeness (QED) is 0.274. The zero-order valence-electron chi connectivity index (χ0n) is 19.8. The Morgan fingerprint density at radius 2 is 1.76 bits per heavy atom. The maximum Gasteiger partial charge on any atom is 0.416 e. The third-order valence-electron chi connectivity index (χ3n) is 6.07. The Morgan fingerprint density at radius 3 is 2.45 bits per heavy atom. The molecule has 0 aliphatic rings. The first-order chi connectivity index (χ1) is 18.1. The van der Waals surface area contributed by atoms with Gasteiger partial charge in [0.15, 0.2) is 0 Å². The molecule has 0 aliphatic heterocycles. The standard InChI is InChI=1S/C27H19F5N4O2/c1-33-22-12-23-18(11-21(22)29)25(37)19(26-34-24(38-35-26)9-15-5-3-2-4-6-15)14-36(23)13-16-7-8-17(10-20(16)28)27(30,31)32/h2-8,10-12,14,33H,9,13H2,1H3. The molecule has 6 nitrogen and oxygen atoms in total. The first kappa shape index (κ1) is 25.1. The third-order valence-corrected chi connectivity index (χ3v) is 6.07. The SMILES string of the molecule is CNc1cc2c(cc1F)c(=O)c(-c1noc(Cc3ccccc3)n1)cn2Cc1ccc(C(F)(F)F)cc1F. The van der Waals surface area contributed by atoms with Crippen molar-refractivity contribution in [3.63, 3.8) is 0 Å². The molecule has 11 heteroatoms. The zero-order valence-corrected chi connectivity index (χ0v) is 19.8. The van der Waals surface area contributed by atoms with E-state index in [1.807, 2.05) is 30.3 Å². The third kappa shape index (κ3) is 4.86. The van der Waals surface area contributed by atoms with Crippen LogP contribution >= 0.6 is 0 Å². The van der Waals surface area contributed by atoms with Crippen LogP contribution in [0.2, 0.25) is 0 Å². The lowest BCUT2D eigenvalue weighted by Gasteiger charge is -2.16. The highest BCUT2D eigenvalue weighted by Crippen LogP contribution is 2.31. The van der Waals surface area contributed by atoms with Crippen molar-refractivity contribution < 1.29 is 26.5 Å². The van der Waals surface area contributed by atoms with Gasteiger partial charge in [-0.05, 0) is 29.8 Å². The first-order valence-electron chi connectivity index (χ1n) is 11.4. The summed E-state index contributed by atoms with van der Waals surface area (Å²) in [5, 5.41) is 6.54. The molecule has 2 aromatic heterocycles. The number of fused-ring (bicyclic) bond motifs is 1. The molecular formula is C27H19F5N4O2. The van der Waals surface area contributed by atoms with Crippen molar-refractivity contribution in [1.82, 2.24) is 14.7 Å². The van der Waals surface area contributed by atoms with Gasteiger partial charge in [-0.15, -0.1) is 0 Å². The van der Waals surface area contributed by atoms with E-state index < -0.39 is 28.8 Å². The number of pyridine rings is 1. The maximum atomic E-state index is 14.7. The Bertz CT molecular complexity index is 1690. The van der Waals surface area contributed by atoms with E-state index in [1.165, 1.54) is 23.9 Å². The summed E-state index contributed by atoms with van der Waals surface area (Å²) in [7, 11) is 1.49. The highest BCUT2D eigenvalue weighted by atomic mass is 19.4. The number of aromatic nitrogens is 3.